The van der Waals surface area contributed by atoms with Crippen molar-refractivity contribution in [1.29, 1.82) is 0 Å². The average molecular weight is 310 g/mol. The molecule has 5 heteroatoms. The van der Waals surface area contributed by atoms with Gasteiger partial charge in [-0.2, -0.15) is 16.4 Å². The molecule has 0 aliphatic heterocycles. The molecule has 4 nitrogen and oxygen atoms in total. The summed E-state index contributed by atoms with van der Waals surface area (Å²) >= 11 is 1.58. The fraction of sp³-hybridized carbons (Fsp3) is 0.0588. The van der Waals surface area contributed by atoms with Crippen molar-refractivity contribution in [1.82, 2.24) is 5.43 Å². The number of benzene rings is 2. The zero-order valence-corrected chi connectivity index (χ0v) is 12.5. The molecule has 1 amide bonds. The lowest BCUT2D eigenvalue weighted by molar-refractivity contribution is -0.123. The molecule has 2 aromatic carbocycles. The summed E-state index contributed by atoms with van der Waals surface area (Å²) < 4.78 is 5.58. The molecule has 3 aromatic rings. The molecule has 22 heavy (non-hydrogen) atoms. The molecule has 0 saturated carbocycles. The highest BCUT2D eigenvalue weighted by Crippen LogP contribution is 2.24. The Labute approximate surface area is 132 Å². The van der Waals surface area contributed by atoms with Crippen molar-refractivity contribution >= 4 is 34.2 Å². The van der Waals surface area contributed by atoms with Crippen LogP contribution in [0.1, 0.15) is 5.56 Å². The van der Waals surface area contributed by atoms with Crippen LogP contribution in [-0.4, -0.2) is 18.7 Å². The minimum absolute atomic E-state index is 0.0744. The van der Waals surface area contributed by atoms with Crippen LogP contribution in [0.3, 0.4) is 0 Å². The Morgan fingerprint density at radius 3 is 2.91 bits per heavy atom. The fourth-order valence-corrected chi connectivity index (χ4v) is 2.64. The van der Waals surface area contributed by atoms with Crippen LogP contribution >= 0.6 is 11.3 Å². The van der Waals surface area contributed by atoms with Crippen molar-refractivity contribution in [3.8, 4) is 5.75 Å². The van der Waals surface area contributed by atoms with E-state index in [1.807, 2.05) is 59.3 Å². The van der Waals surface area contributed by atoms with Crippen LogP contribution < -0.4 is 10.2 Å². The van der Waals surface area contributed by atoms with E-state index >= 15 is 0 Å². The maximum absolute atomic E-state index is 11.7. The molecule has 110 valence electrons. The molecule has 0 spiro atoms. The number of thiophene rings is 1. The normalized spacial score (nSPS) is 10.9. The lowest BCUT2D eigenvalue weighted by atomic mass is 10.1. The molecule has 3 rings (SSSR count). The highest BCUT2D eigenvalue weighted by molar-refractivity contribution is 7.08. The molecule has 0 aliphatic rings. The predicted octanol–water partition coefficient (Wildman–Crippen LogP) is 3.43. The van der Waals surface area contributed by atoms with Crippen molar-refractivity contribution in [3.63, 3.8) is 0 Å². The number of carbonyl (C=O) groups excluding carboxylic acids is 1. The molecule has 0 unspecified atom stereocenters. The van der Waals surface area contributed by atoms with Crippen LogP contribution in [-0.2, 0) is 4.79 Å². The van der Waals surface area contributed by atoms with Crippen molar-refractivity contribution in [2.24, 2.45) is 5.10 Å². The maximum atomic E-state index is 11.7. The highest BCUT2D eigenvalue weighted by atomic mass is 32.1. The lowest BCUT2D eigenvalue weighted by Crippen LogP contribution is -2.24. The van der Waals surface area contributed by atoms with Crippen LogP contribution in [0.25, 0.3) is 10.8 Å². The zero-order chi connectivity index (χ0) is 15.2. The van der Waals surface area contributed by atoms with Crippen LogP contribution in [0.2, 0.25) is 0 Å². The van der Waals surface area contributed by atoms with Gasteiger partial charge in [-0.3, -0.25) is 4.79 Å². The molecule has 1 heterocycles. The molecule has 0 bridgehead atoms. The number of fused-ring (bicyclic) bond motifs is 1. The first kappa shape index (κ1) is 14.3. The number of nitrogens with zero attached hydrogens (tertiary/aromatic N) is 1. The Kier molecular flexibility index (Phi) is 4.46. The fourth-order valence-electron chi connectivity index (χ4n) is 2.02. The molecule has 0 radical (unpaired) electrons. The van der Waals surface area contributed by atoms with E-state index in [9.17, 15) is 4.79 Å². The van der Waals surface area contributed by atoms with Crippen molar-refractivity contribution < 1.29 is 9.53 Å². The Morgan fingerprint density at radius 1 is 1.18 bits per heavy atom. The monoisotopic (exact) mass is 310 g/mol. The second-order valence-electron chi connectivity index (χ2n) is 4.62. The smallest absolute Gasteiger partial charge is 0.277 e. The SMILES string of the molecule is O=C(COc1cccc2ccccc12)N/N=C\c1ccsc1. The van der Waals surface area contributed by atoms with Gasteiger partial charge in [-0.05, 0) is 28.3 Å². The lowest BCUT2D eigenvalue weighted by Gasteiger charge is -2.08. The molecular weight excluding hydrogens is 296 g/mol. The largest absolute Gasteiger partial charge is 0.483 e. The summed E-state index contributed by atoms with van der Waals surface area (Å²) in [5.74, 6) is 0.398. The van der Waals surface area contributed by atoms with Gasteiger partial charge in [-0.1, -0.05) is 36.4 Å². The van der Waals surface area contributed by atoms with Crippen LogP contribution in [0, 0.1) is 0 Å². The molecule has 1 aromatic heterocycles. The van der Waals surface area contributed by atoms with Crippen molar-refractivity contribution in [3.05, 3.63) is 64.9 Å². The first-order chi connectivity index (χ1) is 10.8. The number of carbonyl (C=O) groups is 1. The average Bonchev–Trinajstić information content (AvgIpc) is 3.06. The van der Waals surface area contributed by atoms with Gasteiger partial charge in [0.05, 0.1) is 6.21 Å². The number of hydrogen-bond acceptors (Lipinski definition) is 4. The Balaban J connectivity index is 1.58. The Hall–Kier alpha value is -2.66. The first-order valence-electron chi connectivity index (χ1n) is 6.77. The minimum atomic E-state index is -0.292. The summed E-state index contributed by atoms with van der Waals surface area (Å²) in [4.78, 5) is 11.7. The van der Waals surface area contributed by atoms with E-state index in [0.29, 0.717) is 5.75 Å². The topological polar surface area (TPSA) is 50.7 Å². The van der Waals surface area contributed by atoms with Gasteiger partial charge in [0.2, 0.25) is 0 Å². The predicted molar refractivity (Wildman–Crippen MR) is 89.5 cm³/mol. The van der Waals surface area contributed by atoms with Crippen LogP contribution in [0.5, 0.6) is 5.75 Å². The number of amides is 1. The van der Waals surface area contributed by atoms with E-state index in [2.05, 4.69) is 10.5 Å². The summed E-state index contributed by atoms with van der Waals surface area (Å²) in [7, 11) is 0. The number of ether oxygens (including phenoxy) is 1. The van der Waals surface area contributed by atoms with Crippen LogP contribution in [0.15, 0.2) is 64.4 Å². The van der Waals surface area contributed by atoms with E-state index < -0.39 is 0 Å². The second kappa shape index (κ2) is 6.87. The van der Waals surface area contributed by atoms with E-state index in [1.54, 1.807) is 17.6 Å². The highest BCUT2D eigenvalue weighted by Gasteiger charge is 2.04. The van der Waals surface area contributed by atoms with E-state index in [-0.39, 0.29) is 12.5 Å². The third kappa shape index (κ3) is 3.51. The zero-order valence-electron chi connectivity index (χ0n) is 11.7. The number of nitrogens with one attached hydrogen (secondary N) is 1. The van der Waals surface area contributed by atoms with Gasteiger partial charge < -0.3 is 4.74 Å². The third-order valence-corrected chi connectivity index (χ3v) is 3.76. The maximum Gasteiger partial charge on any atom is 0.277 e. The van der Waals surface area contributed by atoms with Gasteiger partial charge in [-0.15, -0.1) is 0 Å². The summed E-state index contributed by atoms with van der Waals surface area (Å²) in [6, 6.07) is 15.6. The van der Waals surface area contributed by atoms with Gasteiger partial charge in [0.25, 0.3) is 5.91 Å². The number of hydrogen-bond donors (Lipinski definition) is 1. The van der Waals surface area contributed by atoms with Crippen molar-refractivity contribution in [2.45, 2.75) is 0 Å². The van der Waals surface area contributed by atoms with Gasteiger partial charge in [-0.25, -0.2) is 5.43 Å². The van der Waals surface area contributed by atoms with E-state index in [4.69, 9.17) is 4.74 Å². The summed E-state index contributed by atoms with van der Waals surface area (Å²) in [5, 5.41) is 9.85. The first-order valence-corrected chi connectivity index (χ1v) is 7.72. The Bertz CT molecular complexity index is 792. The minimum Gasteiger partial charge on any atom is -0.483 e. The molecule has 0 saturated heterocycles. The van der Waals surface area contributed by atoms with E-state index in [1.165, 1.54) is 0 Å². The Morgan fingerprint density at radius 2 is 2.05 bits per heavy atom. The number of rotatable bonds is 5. The molecular formula is C17H14N2O2S. The van der Waals surface area contributed by atoms with Gasteiger partial charge in [0.1, 0.15) is 5.75 Å². The molecule has 0 atom stereocenters. The number of hydrazone groups is 1. The van der Waals surface area contributed by atoms with Crippen LogP contribution in [0.4, 0.5) is 0 Å². The third-order valence-electron chi connectivity index (χ3n) is 3.05. The summed E-state index contributed by atoms with van der Waals surface area (Å²) in [5.41, 5.74) is 3.41. The second-order valence-corrected chi connectivity index (χ2v) is 5.40. The summed E-state index contributed by atoms with van der Waals surface area (Å²) in [6.45, 7) is -0.0744. The van der Waals surface area contributed by atoms with Gasteiger partial charge in [0.15, 0.2) is 6.61 Å². The molecule has 0 fully saturated rings. The quantitative estimate of drug-likeness (QED) is 0.580. The van der Waals surface area contributed by atoms with E-state index in [0.717, 1.165) is 16.3 Å². The van der Waals surface area contributed by atoms with Gasteiger partial charge >= 0.3 is 0 Å². The molecule has 1 N–H and O–H groups in total. The molecule has 0 aliphatic carbocycles. The van der Waals surface area contributed by atoms with Crippen molar-refractivity contribution in [2.75, 3.05) is 6.61 Å². The van der Waals surface area contributed by atoms with Gasteiger partial charge in [0, 0.05) is 10.9 Å². The summed E-state index contributed by atoms with van der Waals surface area (Å²) in [6.07, 6.45) is 1.60. The standard InChI is InChI=1S/C17H14N2O2S/c20-17(19-18-10-13-8-9-22-12-13)11-21-16-7-3-5-14-4-1-2-6-15(14)16/h1-10,12H,11H2,(H,19,20)/b18-10-.